The van der Waals surface area contributed by atoms with Crippen LogP contribution in [-0.2, 0) is 0 Å². The summed E-state index contributed by atoms with van der Waals surface area (Å²) >= 11 is 0. The van der Waals surface area contributed by atoms with Crippen LogP contribution in [0.5, 0.6) is 5.75 Å². The number of nitrogens with one attached hydrogen (secondary N) is 1. The zero-order chi connectivity index (χ0) is 14.4. The van der Waals surface area contributed by atoms with Gasteiger partial charge in [-0.3, -0.25) is 0 Å². The molecule has 0 fully saturated rings. The molecule has 20 heavy (non-hydrogen) atoms. The van der Waals surface area contributed by atoms with Gasteiger partial charge in [0.2, 0.25) is 0 Å². The van der Waals surface area contributed by atoms with Gasteiger partial charge in [-0.1, -0.05) is 25.1 Å². The number of aryl methyl sites for hydroxylation is 1. The standard InChI is InChI=1S/C16H19FN2O/c1-3-13(20-15-9-5-4-8-14(15)17)11-18-16-10-6-7-12(2)19-16/h4-10,13H,3,11H2,1-2H3,(H,18,19). The second-order valence-electron chi connectivity index (χ2n) is 4.62. The van der Waals surface area contributed by atoms with E-state index in [1.165, 1.54) is 6.07 Å². The van der Waals surface area contributed by atoms with Gasteiger partial charge in [0.15, 0.2) is 11.6 Å². The summed E-state index contributed by atoms with van der Waals surface area (Å²) in [5, 5.41) is 3.22. The third-order valence-electron chi connectivity index (χ3n) is 2.98. The lowest BCUT2D eigenvalue weighted by atomic mass is 10.2. The molecule has 1 unspecified atom stereocenters. The fourth-order valence-electron chi connectivity index (χ4n) is 1.85. The van der Waals surface area contributed by atoms with Crippen molar-refractivity contribution >= 4 is 5.82 Å². The Kier molecular flexibility index (Phi) is 4.93. The molecule has 3 nitrogen and oxygen atoms in total. The molecule has 1 aromatic heterocycles. The summed E-state index contributed by atoms with van der Waals surface area (Å²) in [5.41, 5.74) is 0.957. The van der Waals surface area contributed by atoms with Gasteiger partial charge in [-0.05, 0) is 37.6 Å². The molecule has 0 aliphatic carbocycles. The summed E-state index contributed by atoms with van der Waals surface area (Å²) in [4.78, 5) is 4.36. The molecule has 1 N–H and O–H groups in total. The summed E-state index contributed by atoms with van der Waals surface area (Å²) in [6, 6.07) is 12.3. The first-order valence-corrected chi connectivity index (χ1v) is 6.77. The maximum Gasteiger partial charge on any atom is 0.165 e. The molecule has 0 aliphatic rings. The average Bonchev–Trinajstić information content (AvgIpc) is 2.45. The molecule has 1 atom stereocenters. The van der Waals surface area contributed by atoms with Gasteiger partial charge in [0.05, 0.1) is 6.54 Å². The predicted molar refractivity (Wildman–Crippen MR) is 78.6 cm³/mol. The van der Waals surface area contributed by atoms with E-state index in [0.717, 1.165) is 17.9 Å². The van der Waals surface area contributed by atoms with Gasteiger partial charge in [0.25, 0.3) is 0 Å². The topological polar surface area (TPSA) is 34.2 Å². The molecule has 0 amide bonds. The van der Waals surface area contributed by atoms with E-state index in [9.17, 15) is 4.39 Å². The van der Waals surface area contributed by atoms with E-state index in [-0.39, 0.29) is 11.9 Å². The summed E-state index contributed by atoms with van der Waals surface area (Å²) in [6.45, 7) is 4.54. The second kappa shape index (κ2) is 6.89. The van der Waals surface area contributed by atoms with Gasteiger partial charge >= 0.3 is 0 Å². The van der Waals surface area contributed by atoms with Gasteiger partial charge in [-0.15, -0.1) is 0 Å². The molecule has 0 saturated heterocycles. The van der Waals surface area contributed by atoms with Crippen LogP contribution in [-0.4, -0.2) is 17.6 Å². The van der Waals surface area contributed by atoms with Crippen LogP contribution in [0.25, 0.3) is 0 Å². The van der Waals surface area contributed by atoms with Crippen molar-refractivity contribution in [2.45, 2.75) is 26.4 Å². The van der Waals surface area contributed by atoms with Crippen molar-refractivity contribution in [3.63, 3.8) is 0 Å². The van der Waals surface area contributed by atoms with Crippen molar-refractivity contribution in [2.75, 3.05) is 11.9 Å². The molecule has 4 heteroatoms. The van der Waals surface area contributed by atoms with E-state index in [4.69, 9.17) is 4.74 Å². The summed E-state index contributed by atoms with van der Waals surface area (Å²) in [6.07, 6.45) is 0.682. The lowest BCUT2D eigenvalue weighted by molar-refractivity contribution is 0.201. The fourth-order valence-corrected chi connectivity index (χ4v) is 1.85. The van der Waals surface area contributed by atoms with Crippen LogP contribution < -0.4 is 10.1 Å². The van der Waals surface area contributed by atoms with Crippen LogP contribution in [0.4, 0.5) is 10.2 Å². The number of hydrogen-bond donors (Lipinski definition) is 1. The van der Waals surface area contributed by atoms with Gasteiger partial charge in [-0.25, -0.2) is 9.37 Å². The smallest absolute Gasteiger partial charge is 0.165 e. The summed E-state index contributed by atoms with van der Waals surface area (Å²) in [5.74, 6) is 0.763. The first-order chi connectivity index (χ1) is 9.69. The Morgan fingerprint density at radius 3 is 2.70 bits per heavy atom. The minimum Gasteiger partial charge on any atom is -0.486 e. The Hall–Kier alpha value is -2.10. The Morgan fingerprint density at radius 2 is 2.00 bits per heavy atom. The van der Waals surface area contributed by atoms with E-state index in [0.29, 0.717) is 12.3 Å². The number of nitrogens with zero attached hydrogens (tertiary/aromatic N) is 1. The first kappa shape index (κ1) is 14.3. The molecular formula is C16H19FN2O. The van der Waals surface area contributed by atoms with Gasteiger partial charge < -0.3 is 10.1 Å². The largest absolute Gasteiger partial charge is 0.486 e. The first-order valence-electron chi connectivity index (χ1n) is 6.77. The van der Waals surface area contributed by atoms with Crippen LogP contribution in [0.3, 0.4) is 0 Å². The number of benzene rings is 1. The molecule has 0 aliphatic heterocycles. The number of para-hydroxylation sites is 1. The molecule has 0 radical (unpaired) electrons. The molecule has 2 aromatic rings. The van der Waals surface area contributed by atoms with Crippen LogP contribution >= 0.6 is 0 Å². The van der Waals surface area contributed by atoms with Crippen LogP contribution in [0.2, 0.25) is 0 Å². The molecule has 106 valence electrons. The Bertz CT molecular complexity index is 560. The second-order valence-corrected chi connectivity index (χ2v) is 4.62. The zero-order valence-electron chi connectivity index (χ0n) is 11.8. The van der Waals surface area contributed by atoms with Gasteiger partial charge in [0, 0.05) is 5.69 Å². The third-order valence-corrected chi connectivity index (χ3v) is 2.98. The van der Waals surface area contributed by atoms with E-state index in [2.05, 4.69) is 10.3 Å². The van der Waals surface area contributed by atoms with E-state index in [1.54, 1.807) is 18.2 Å². The van der Waals surface area contributed by atoms with E-state index >= 15 is 0 Å². The molecular weight excluding hydrogens is 255 g/mol. The molecule has 0 spiro atoms. The Labute approximate surface area is 118 Å². The minimum absolute atomic E-state index is 0.103. The van der Waals surface area contributed by atoms with Crippen molar-refractivity contribution in [1.29, 1.82) is 0 Å². The van der Waals surface area contributed by atoms with Crippen molar-refractivity contribution in [3.8, 4) is 5.75 Å². The number of pyridine rings is 1. The number of hydrogen-bond acceptors (Lipinski definition) is 3. The molecule has 0 saturated carbocycles. The van der Waals surface area contributed by atoms with Crippen LogP contribution in [0, 0.1) is 12.7 Å². The highest BCUT2D eigenvalue weighted by atomic mass is 19.1. The van der Waals surface area contributed by atoms with Gasteiger partial charge in [-0.2, -0.15) is 0 Å². The number of halogens is 1. The molecule has 1 heterocycles. The SMILES string of the molecule is CCC(CNc1cccc(C)n1)Oc1ccccc1F. The number of aromatic nitrogens is 1. The number of anilines is 1. The lowest BCUT2D eigenvalue weighted by Gasteiger charge is -2.19. The van der Waals surface area contributed by atoms with Crippen molar-refractivity contribution in [3.05, 3.63) is 54.0 Å². The maximum absolute atomic E-state index is 13.5. The van der Waals surface area contributed by atoms with E-state index in [1.807, 2.05) is 32.0 Å². The van der Waals surface area contributed by atoms with Crippen molar-refractivity contribution < 1.29 is 9.13 Å². The molecule has 2 rings (SSSR count). The molecule has 0 bridgehead atoms. The summed E-state index contributed by atoms with van der Waals surface area (Å²) < 4.78 is 19.2. The highest BCUT2D eigenvalue weighted by Crippen LogP contribution is 2.18. The van der Waals surface area contributed by atoms with Crippen LogP contribution in [0.15, 0.2) is 42.5 Å². The van der Waals surface area contributed by atoms with Crippen molar-refractivity contribution in [1.82, 2.24) is 4.98 Å². The highest BCUT2D eigenvalue weighted by molar-refractivity contribution is 5.35. The van der Waals surface area contributed by atoms with E-state index < -0.39 is 0 Å². The zero-order valence-corrected chi connectivity index (χ0v) is 11.8. The Morgan fingerprint density at radius 1 is 1.20 bits per heavy atom. The quantitative estimate of drug-likeness (QED) is 0.870. The normalized spacial score (nSPS) is 11.9. The average molecular weight is 274 g/mol. The van der Waals surface area contributed by atoms with Crippen molar-refractivity contribution in [2.24, 2.45) is 0 Å². The third kappa shape index (κ3) is 3.95. The summed E-state index contributed by atoms with van der Waals surface area (Å²) in [7, 11) is 0. The maximum atomic E-state index is 13.5. The number of ether oxygens (including phenoxy) is 1. The predicted octanol–water partition coefficient (Wildman–Crippen LogP) is 3.80. The van der Waals surface area contributed by atoms with Crippen LogP contribution in [0.1, 0.15) is 19.0 Å². The minimum atomic E-state index is -0.334. The monoisotopic (exact) mass is 274 g/mol. The van der Waals surface area contributed by atoms with Gasteiger partial charge in [0.1, 0.15) is 11.9 Å². The Balaban J connectivity index is 1.94. The lowest BCUT2D eigenvalue weighted by Crippen LogP contribution is -2.26. The highest BCUT2D eigenvalue weighted by Gasteiger charge is 2.11. The number of rotatable bonds is 6. The fraction of sp³-hybridized carbons (Fsp3) is 0.312. The molecule has 1 aromatic carbocycles.